The van der Waals surface area contributed by atoms with Gasteiger partial charge in [-0.15, -0.1) is 11.3 Å². The van der Waals surface area contributed by atoms with Crippen LogP contribution in [0.15, 0.2) is 5.38 Å². The second-order valence-corrected chi connectivity index (χ2v) is 7.76. The van der Waals surface area contributed by atoms with Crippen molar-refractivity contribution in [3.8, 4) is 0 Å². The fourth-order valence-electron chi connectivity index (χ4n) is 1.73. The van der Waals surface area contributed by atoms with E-state index in [4.69, 9.17) is 9.72 Å². The number of methoxy groups -OCH3 is 1. The van der Waals surface area contributed by atoms with Gasteiger partial charge in [0.15, 0.2) is 0 Å². The van der Waals surface area contributed by atoms with Gasteiger partial charge in [-0.3, -0.25) is 0 Å². The molecule has 0 unspecified atom stereocenters. The largest absolute Gasteiger partial charge is 0.385 e. The first-order chi connectivity index (χ1) is 8.74. The highest BCUT2D eigenvalue weighted by Crippen LogP contribution is 2.25. The van der Waals surface area contributed by atoms with Crippen LogP contribution in [0.4, 0.5) is 0 Å². The number of nitrogens with zero attached hydrogens (tertiary/aromatic N) is 1. The third-order valence-electron chi connectivity index (χ3n) is 3.09. The lowest BCUT2D eigenvalue weighted by Gasteiger charge is -2.24. The van der Waals surface area contributed by atoms with Crippen LogP contribution in [-0.4, -0.2) is 25.2 Å². The smallest absolute Gasteiger partial charge is 0.0982 e. The van der Waals surface area contributed by atoms with Crippen molar-refractivity contribution in [3.63, 3.8) is 0 Å². The maximum absolute atomic E-state index is 5.14. The number of ether oxygens (including phenoxy) is 1. The second kappa shape index (κ2) is 6.82. The minimum atomic E-state index is 0.153. The molecule has 0 radical (unpaired) electrons. The molecule has 0 saturated carbocycles. The molecule has 0 saturated heterocycles. The SMILES string of the molecule is COCCC(C)(C)CNCc1csc(C(C)(C)C)n1. The number of aromatic nitrogens is 1. The van der Waals surface area contributed by atoms with Gasteiger partial charge in [-0.25, -0.2) is 4.98 Å². The lowest BCUT2D eigenvalue weighted by atomic mass is 9.90. The quantitative estimate of drug-likeness (QED) is 0.831. The number of hydrogen-bond donors (Lipinski definition) is 1. The number of rotatable bonds is 7. The first-order valence-corrected chi connectivity index (χ1v) is 7.77. The molecule has 0 aromatic carbocycles. The maximum atomic E-state index is 5.14. The Balaban J connectivity index is 2.39. The van der Waals surface area contributed by atoms with E-state index in [-0.39, 0.29) is 10.8 Å². The summed E-state index contributed by atoms with van der Waals surface area (Å²) < 4.78 is 5.14. The van der Waals surface area contributed by atoms with Gasteiger partial charge in [-0.1, -0.05) is 34.6 Å². The molecule has 4 heteroatoms. The fraction of sp³-hybridized carbons (Fsp3) is 0.800. The zero-order valence-corrected chi connectivity index (χ0v) is 14.0. The molecule has 0 aliphatic heterocycles. The topological polar surface area (TPSA) is 34.1 Å². The molecule has 1 aromatic rings. The Labute approximate surface area is 121 Å². The van der Waals surface area contributed by atoms with E-state index in [0.717, 1.165) is 31.8 Å². The predicted octanol–water partition coefficient (Wildman–Crippen LogP) is 3.59. The lowest BCUT2D eigenvalue weighted by Crippen LogP contribution is -2.30. The van der Waals surface area contributed by atoms with Crippen molar-refractivity contribution in [1.82, 2.24) is 10.3 Å². The van der Waals surface area contributed by atoms with E-state index < -0.39 is 0 Å². The van der Waals surface area contributed by atoms with Crippen molar-refractivity contribution < 1.29 is 4.74 Å². The van der Waals surface area contributed by atoms with Crippen molar-refractivity contribution in [2.45, 2.75) is 53.0 Å². The number of nitrogens with one attached hydrogen (secondary N) is 1. The molecule has 0 spiro atoms. The Morgan fingerprint density at radius 2 is 1.95 bits per heavy atom. The molecule has 110 valence electrons. The van der Waals surface area contributed by atoms with Crippen molar-refractivity contribution >= 4 is 11.3 Å². The Morgan fingerprint density at radius 3 is 2.47 bits per heavy atom. The van der Waals surface area contributed by atoms with E-state index >= 15 is 0 Å². The Bertz CT molecular complexity index is 380. The van der Waals surface area contributed by atoms with Gasteiger partial charge in [0.25, 0.3) is 0 Å². The average Bonchev–Trinajstić information content (AvgIpc) is 2.74. The molecule has 0 aliphatic rings. The summed E-state index contributed by atoms with van der Waals surface area (Å²) in [7, 11) is 1.76. The van der Waals surface area contributed by atoms with Crippen LogP contribution in [0.3, 0.4) is 0 Å². The Hall–Kier alpha value is -0.450. The zero-order valence-electron chi connectivity index (χ0n) is 13.2. The highest BCUT2D eigenvalue weighted by Gasteiger charge is 2.19. The minimum Gasteiger partial charge on any atom is -0.385 e. The summed E-state index contributed by atoms with van der Waals surface area (Å²) >= 11 is 1.76. The van der Waals surface area contributed by atoms with Gasteiger partial charge < -0.3 is 10.1 Å². The first kappa shape index (κ1) is 16.6. The van der Waals surface area contributed by atoms with E-state index in [1.54, 1.807) is 18.4 Å². The highest BCUT2D eigenvalue weighted by molar-refractivity contribution is 7.09. The number of thiazole rings is 1. The van der Waals surface area contributed by atoms with Gasteiger partial charge in [0.05, 0.1) is 10.7 Å². The molecule has 1 aromatic heterocycles. The summed E-state index contributed by atoms with van der Waals surface area (Å²) in [5, 5.41) is 6.88. The van der Waals surface area contributed by atoms with E-state index in [1.807, 2.05) is 0 Å². The summed E-state index contributed by atoms with van der Waals surface area (Å²) in [6, 6.07) is 0. The molecular formula is C15H28N2OS. The minimum absolute atomic E-state index is 0.153. The summed E-state index contributed by atoms with van der Waals surface area (Å²) in [5.41, 5.74) is 1.57. The van der Waals surface area contributed by atoms with Crippen LogP contribution in [0, 0.1) is 5.41 Å². The Kier molecular flexibility index (Phi) is 5.96. The fourth-order valence-corrected chi connectivity index (χ4v) is 2.64. The maximum Gasteiger partial charge on any atom is 0.0982 e. The molecule has 3 nitrogen and oxygen atoms in total. The van der Waals surface area contributed by atoms with Crippen LogP contribution in [0.5, 0.6) is 0 Å². The van der Waals surface area contributed by atoms with Gasteiger partial charge in [0.2, 0.25) is 0 Å². The van der Waals surface area contributed by atoms with Gasteiger partial charge in [0.1, 0.15) is 0 Å². The summed E-state index contributed by atoms with van der Waals surface area (Å²) in [5.74, 6) is 0. The Morgan fingerprint density at radius 1 is 1.26 bits per heavy atom. The summed E-state index contributed by atoms with van der Waals surface area (Å²) in [6.45, 7) is 13.8. The molecule has 0 atom stereocenters. The van der Waals surface area contributed by atoms with E-state index in [0.29, 0.717) is 0 Å². The summed E-state index contributed by atoms with van der Waals surface area (Å²) in [6.07, 6.45) is 1.07. The van der Waals surface area contributed by atoms with E-state index in [9.17, 15) is 0 Å². The monoisotopic (exact) mass is 284 g/mol. The van der Waals surface area contributed by atoms with Gasteiger partial charge in [0, 0.05) is 37.6 Å². The standard InChI is InChI=1S/C15H28N2OS/c1-14(2,3)13-17-12(10-19-13)9-16-11-15(4,5)7-8-18-6/h10,16H,7-9,11H2,1-6H3. The van der Waals surface area contributed by atoms with Crippen LogP contribution in [0.25, 0.3) is 0 Å². The van der Waals surface area contributed by atoms with Crippen LogP contribution < -0.4 is 5.32 Å². The summed E-state index contributed by atoms with van der Waals surface area (Å²) in [4.78, 5) is 4.69. The second-order valence-electron chi connectivity index (χ2n) is 6.90. The molecule has 1 N–H and O–H groups in total. The molecule has 0 aliphatic carbocycles. The molecule has 0 fully saturated rings. The molecular weight excluding hydrogens is 256 g/mol. The predicted molar refractivity (Wildman–Crippen MR) is 82.8 cm³/mol. The molecule has 1 rings (SSSR count). The molecule has 19 heavy (non-hydrogen) atoms. The third-order valence-corrected chi connectivity index (χ3v) is 4.40. The van der Waals surface area contributed by atoms with Crippen LogP contribution in [-0.2, 0) is 16.7 Å². The van der Waals surface area contributed by atoms with E-state index in [1.165, 1.54) is 5.01 Å². The van der Waals surface area contributed by atoms with Gasteiger partial charge in [-0.05, 0) is 11.8 Å². The molecule has 0 bridgehead atoms. The molecule has 1 heterocycles. The van der Waals surface area contributed by atoms with Gasteiger partial charge >= 0.3 is 0 Å². The van der Waals surface area contributed by atoms with Crippen molar-refractivity contribution in [2.75, 3.05) is 20.3 Å². The first-order valence-electron chi connectivity index (χ1n) is 6.89. The van der Waals surface area contributed by atoms with Crippen molar-refractivity contribution in [2.24, 2.45) is 5.41 Å². The normalized spacial score (nSPS) is 12.9. The third kappa shape index (κ3) is 6.02. The van der Waals surface area contributed by atoms with E-state index in [2.05, 4.69) is 45.3 Å². The van der Waals surface area contributed by atoms with Crippen molar-refractivity contribution in [3.05, 3.63) is 16.1 Å². The molecule has 0 amide bonds. The number of hydrogen-bond acceptors (Lipinski definition) is 4. The highest BCUT2D eigenvalue weighted by atomic mass is 32.1. The van der Waals surface area contributed by atoms with Crippen LogP contribution in [0.2, 0.25) is 0 Å². The average molecular weight is 284 g/mol. The van der Waals surface area contributed by atoms with Crippen molar-refractivity contribution in [1.29, 1.82) is 0 Å². The lowest BCUT2D eigenvalue weighted by molar-refractivity contribution is 0.150. The van der Waals surface area contributed by atoms with Crippen LogP contribution >= 0.6 is 11.3 Å². The zero-order chi connectivity index (χ0) is 14.5. The van der Waals surface area contributed by atoms with Crippen LogP contribution in [0.1, 0.15) is 51.7 Å². The van der Waals surface area contributed by atoms with Gasteiger partial charge in [-0.2, -0.15) is 0 Å².